The summed E-state index contributed by atoms with van der Waals surface area (Å²) >= 11 is 0. The minimum absolute atomic E-state index is 0.0212. The predicted molar refractivity (Wildman–Crippen MR) is 91.2 cm³/mol. The van der Waals surface area contributed by atoms with Gasteiger partial charge in [-0.15, -0.1) is 0 Å². The van der Waals surface area contributed by atoms with Crippen LogP contribution in [0, 0.1) is 13.8 Å². The second kappa shape index (κ2) is 5.58. The van der Waals surface area contributed by atoms with E-state index in [1.54, 1.807) is 12.1 Å². The van der Waals surface area contributed by atoms with Gasteiger partial charge in [0.2, 0.25) is 0 Å². The number of fused-ring (bicyclic) bond motifs is 1. The van der Waals surface area contributed by atoms with Crippen molar-refractivity contribution in [1.82, 2.24) is 0 Å². The molecule has 4 heteroatoms. The maximum Gasteiger partial charge on any atom is 0.192 e. The minimum Gasteiger partial charge on any atom is -0.507 e. The van der Waals surface area contributed by atoms with Crippen LogP contribution in [0.4, 0.5) is 0 Å². The Morgan fingerprint density at radius 2 is 1.95 bits per heavy atom. The molecule has 0 saturated carbocycles. The molecule has 1 unspecified atom stereocenters. The van der Waals surface area contributed by atoms with E-state index in [1.807, 2.05) is 38.1 Å². The number of ether oxygens (including phenoxy) is 1. The number of hydrogen-bond donors (Lipinski definition) is 1. The molecule has 2 aromatic carbocycles. The summed E-state index contributed by atoms with van der Waals surface area (Å²) in [6.07, 6.45) is 1.84. The molecule has 3 nitrogen and oxygen atoms in total. The molecule has 1 atom stereocenters. The normalized spacial score (nSPS) is 13.1. The predicted octanol–water partition coefficient (Wildman–Crippen LogP) is 3.17. The van der Waals surface area contributed by atoms with Crippen LogP contribution in [-0.4, -0.2) is 17.5 Å². The summed E-state index contributed by atoms with van der Waals surface area (Å²) in [4.78, 5) is 12.6. The van der Waals surface area contributed by atoms with E-state index in [0.29, 0.717) is 22.2 Å². The molecule has 22 heavy (non-hydrogen) atoms. The highest BCUT2D eigenvalue weighted by molar-refractivity contribution is 7.28. The molecule has 0 aliphatic carbocycles. The van der Waals surface area contributed by atoms with Gasteiger partial charge in [-0.25, -0.2) is 0 Å². The lowest BCUT2D eigenvalue weighted by Crippen LogP contribution is -2.18. The van der Waals surface area contributed by atoms with Crippen LogP contribution in [0.5, 0.6) is 11.5 Å². The first-order valence-electron chi connectivity index (χ1n) is 7.04. The van der Waals surface area contributed by atoms with E-state index < -0.39 is 0 Å². The maximum atomic E-state index is 12.6. The SMILES string of the molecule is Cc1ccc(C(=O)C2=Cc3ccc(O)c(P)c3OC2)cc1C. The smallest absolute Gasteiger partial charge is 0.192 e. The average Bonchev–Trinajstić information content (AvgIpc) is 2.52. The monoisotopic (exact) mass is 312 g/mol. The van der Waals surface area contributed by atoms with E-state index in [2.05, 4.69) is 9.24 Å². The van der Waals surface area contributed by atoms with Crippen LogP contribution in [0.1, 0.15) is 27.0 Å². The largest absolute Gasteiger partial charge is 0.507 e. The van der Waals surface area contributed by atoms with Crippen molar-refractivity contribution in [2.24, 2.45) is 0 Å². The van der Waals surface area contributed by atoms with Crippen molar-refractivity contribution in [2.45, 2.75) is 13.8 Å². The molecule has 0 spiro atoms. The zero-order chi connectivity index (χ0) is 15.9. The van der Waals surface area contributed by atoms with Gasteiger partial charge in [-0.05, 0) is 49.2 Å². The quantitative estimate of drug-likeness (QED) is 0.684. The number of benzene rings is 2. The molecular formula is C18H17O3P. The van der Waals surface area contributed by atoms with Crippen molar-refractivity contribution in [2.75, 3.05) is 6.61 Å². The number of rotatable bonds is 2. The lowest BCUT2D eigenvalue weighted by Gasteiger charge is -2.19. The average molecular weight is 312 g/mol. The van der Waals surface area contributed by atoms with Gasteiger partial charge in [-0.2, -0.15) is 0 Å². The maximum absolute atomic E-state index is 12.6. The Hall–Kier alpha value is -2.12. The van der Waals surface area contributed by atoms with Gasteiger partial charge in [0.05, 0.1) is 5.30 Å². The molecule has 0 saturated heterocycles. The van der Waals surface area contributed by atoms with E-state index in [1.165, 1.54) is 5.56 Å². The Bertz CT molecular complexity index is 806. The van der Waals surface area contributed by atoms with Crippen LogP contribution in [-0.2, 0) is 0 Å². The van der Waals surface area contributed by atoms with Crippen molar-refractivity contribution >= 4 is 26.4 Å². The Balaban J connectivity index is 1.98. The number of phenolic OH excluding ortho intramolecular Hbond substituents is 1. The Morgan fingerprint density at radius 3 is 2.68 bits per heavy atom. The van der Waals surface area contributed by atoms with Crippen molar-refractivity contribution in [3.05, 3.63) is 58.2 Å². The summed E-state index contributed by atoms with van der Waals surface area (Å²) in [6.45, 7) is 4.23. The number of aryl methyl sites for hydroxylation is 2. The number of carbonyl (C=O) groups is 1. The van der Waals surface area contributed by atoms with Crippen LogP contribution in [0.15, 0.2) is 35.9 Å². The lowest BCUT2D eigenvalue weighted by molar-refractivity contribution is 0.102. The third-order valence-corrected chi connectivity index (χ3v) is 4.52. The van der Waals surface area contributed by atoms with Gasteiger partial charge in [0.15, 0.2) is 5.78 Å². The van der Waals surface area contributed by atoms with Gasteiger partial charge < -0.3 is 9.84 Å². The van der Waals surface area contributed by atoms with Crippen LogP contribution in [0.3, 0.4) is 0 Å². The van der Waals surface area contributed by atoms with Gasteiger partial charge >= 0.3 is 0 Å². The van der Waals surface area contributed by atoms with Crippen LogP contribution in [0.2, 0.25) is 0 Å². The number of ketones is 1. The fraction of sp³-hybridized carbons (Fsp3) is 0.167. The van der Waals surface area contributed by atoms with Crippen molar-refractivity contribution in [3.63, 3.8) is 0 Å². The van der Waals surface area contributed by atoms with E-state index in [0.717, 1.165) is 11.1 Å². The zero-order valence-corrected chi connectivity index (χ0v) is 13.7. The first-order chi connectivity index (χ1) is 10.5. The minimum atomic E-state index is -0.0212. The Kier molecular flexibility index (Phi) is 3.76. The molecule has 112 valence electrons. The second-order valence-electron chi connectivity index (χ2n) is 5.50. The standard InChI is InChI=1S/C18H17O3P/c1-10-3-4-12(7-11(10)2)16(20)14-8-13-5-6-15(19)18(22)17(13)21-9-14/h3-8,19H,9,22H2,1-2H3. The first-order valence-corrected chi connectivity index (χ1v) is 7.62. The number of hydrogen-bond acceptors (Lipinski definition) is 3. The summed E-state index contributed by atoms with van der Waals surface area (Å²) in [5, 5.41) is 10.3. The fourth-order valence-corrected chi connectivity index (χ4v) is 2.81. The third kappa shape index (κ3) is 2.53. The van der Waals surface area contributed by atoms with Crippen molar-refractivity contribution < 1.29 is 14.6 Å². The van der Waals surface area contributed by atoms with E-state index >= 15 is 0 Å². The Labute approximate surface area is 131 Å². The van der Waals surface area contributed by atoms with Gasteiger partial charge in [-0.1, -0.05) is 21.4 Å². The zero-order valence-electron chi connectivity index (χ0n) is 12.5. The summed E-state index contributed by atoms with van der Waals surface area (Å²) < 4.78 is 5.67. The molecule has 0 amide bonds. The number of phenols is 1. The molecule has 1 N–H and O–H groups in total. The first kappa shape index (κ1) is 14.8. The van der Waals surface area contributed by atoms with Crippen molar-refractivity contribution in [1.29, 1.82) is 0 Å². The molecule has 1 heterocycles. The molecule has 1 aliphatic heterocycles. The van der Waals surface area contributed by atoms with E-state index in [-0.39, 0.29) is 18.1 Å². The molecule has 0 radical (unpaired) electrons. The summed E-state index contributed by atoms with van der Waals surface area (Å²) in [6, 6.07) is 9.07. The summed E-state index contributed by atoms with van der Waals surface area (Å²) in [7, 11) is 2.47. The molecule has 0 bridgehead atoms. The van der Waals surface area contributed by atoms with Gasteiger partial charge in [0.1, 0.15) is 18.1 Å². The molecule has 2 aromatic rings. The van der Waals surface area contributed by atoms with Gasteiger partial charge in [0.25, 0.3) is 0 Å². The van der Waals surface area contributed by atoms with Gasteiger partial charge in [0, 0.05) is 16.7 Å². The summed E-state index contributed by atoms with van der Waals surface area (Å²) in [5.41, 5.74) is 4.36. The number of carbonyl (C=O) groups excluding carboxylic acids is 1. The summed E-state index contributed by atoms with van der Waals surface area (Å²) in [5.74, 6) is 0.759. The third-order valence-electron chi connectivity index (χ3n) is 3.97. The molecule has 3 rings (SSSR count). The topological polar surface area (TPSA) is 46.5 Å². The molecule has 0 aromatic heterocycles. The highest BCUT2D eigenvalue weighted by Crippen LogP contribution is 2.30. The molecule has 0 fully saturated rings. The van der Waals surface area contributed by atoms with E-state index in [4.69, 9.17) is 4.74 Å². The highest BCUT2D eigenvalue weighted by Gasteiger charge is 2.21. The Morgan fingerprint density at radius 1 is 1.18 bits per heavy atom. The van der Waals surface area contributed by atoms with Crippen LogP contribution >= 0.6 is 9.24 Å². The molecule has 1 aliphatic rings. The van der Waals surface area contributed by atoms with Crippen LogP contribution < -0.4 is 10.0 Å². The number of Topliss-reactive ketones (excluding diaryl/α,β-unsaturated/α-hetero) is 1. The van der Waals surface area contributed by atoms with Crippen molar-refractivity contribution in [3.8, 4) is 11.5 Å². The van der Waals surface area contributed by atoms with E-state index in [9.17, 15) is 9.90 Å². The van der Waals surface area contributed by atoms with Gasteiger partial charge in [-0.3, -0.25) is 4.79 Å². The second-order valence-corrected chi connectivity index (χ2v) is 6.08. The fourth-order valence-electron chi connectivity index (χ4n) is 2.46. The molecular weight excluding hydrogens is 295 g/mol. The number of aromatic hydroxyl groups is 1. The van der Waals surface area contributed by atoms with Crippen LogP contribution in [0.25, 0.3) is 6.08 Å². The lowest BCUT2D eigenvalue weighted by atomic mass is 9.97. The highest BCUT2D eigenvalue weighted by atomic mass is 31.0.